The molecule has 0 bridgehead atoms. The zero-order chi connectivity index (χ0) is 16.7. The van der Waals surface area contributed by atoms with E-state index >= 15 is 0 Å². The largest absolute Gasteiger partial charge is 0.486 e. The number of carbonyl (C=O) groups excluding carboxylic acids is 1. The highest BCUT2D eigenvalue weighted by molar-refractivity contribution is 6.36. The van der Waals surface area contributed by atoms with Crippen LogP contribution in [0.3, 0.4) is 0 Å². The van der Waals surface area contributed by atoms with Gasteiger partial charge < -0.3 is 14.8 Å². The van der Waals surface area contributed by atoms with Crippen LogP contribution in [0.5, 0.6) is 0 Å². The van der Waals surface area contributed by atoms with Crippen LogP contribution in [0.15, 0.2) is 30.3 Å². The van der Waals surface area contributed by atoms with Crippen molar-refractivity contribution in [2.45, 2.75) is 13.0 Å². The van der Waals surface area contributed by atoms with Gasteiger partial charge in [0.1, 0.15) is 18.2 Å². The van der Waals surface area contributed by atoms with Crippen molar-refractivity contribution in [1.82, 2.24) is 4.98 Å². The van der Waals surface area contributed by atoms with Crippen LogP contribution >= 0.6 is 0 Å². The summed E-state index contributed by atoms with van der Waals surface area (Å²) in [6.45, 7) is 0.891. The standard InChI is InChI=1S/C18H15FN2O3/c1-23-7-6-11-3-4-12-15(20-11)9-24-17(12)16-13-8-10(19)2-5-14(13)21-18(16)22/h2-5,8H,6-7,9H2,1H3,(H,21,22)/b17-16-. The summed E-state index contributed by atoms with van der Waals surface area (Å²) in [7, 11) is 1.65. The van der Waals surface area contributed by atoms with Crippen molar-refractivity contribution in [3.63, 3.8) is 0 Å². The van der Waals surface area contributed by atoms with Crippen molar-refractivity contribution in [3.8, 4) is 0 Å². The first-order valence-corrected chi connectivity index (χ1v) is 7.64. The number of pyridine rings is 1. The third kappa shape index (κ3) is 2.35. The summed E-state index contributed by atoms with van der Waals surface area (Å²) in [5.74, 6) is -0.228. The molecule has 0 aliphatic carbocycles. The maximum absolute atomic E-state index is 13.6. The molecule has 1 aromatic carbocycles. The van der Waals surface area contributed by atoms with Gasteiger partial charge in [-0.3, -0.25) is 9.78 Å². The van der Waals surface area contributed by atoms with Crippen molar-refractivity contribution in [1.29, 1.82) is 0 Å². The highest BCUT2D eigenvalue weighted by Gasteiger charge is 2.33. The van der Waals surface area contributed by atoms with E-state index in [1.807, 2.05) is 12.1 Å². The lowest BCUT2D eigenvalue weighted by Crippen LogP contribution is -2.05. The maximum atomic E-state index is 13.6. The van der Waals surface area contributed by atoms with Crippen LogP contribution in [0.2, 0.25) is 0 Å². The van der Waals surface area contributed by atoms with E-state index in [-0.39, 0.29) is 5.91 Å². The molecule has 1 aromatic heterocycles. The number of nitrogens with one attached hydrogen (secondary N) is 1. The van der Waals surface area contributed by atoms with E-state index < -0.39 is 5.82 Å². The van der Waals surface area contributed by atoms with Crippen molar-refractivity contribution in [2.75, 3.05) is 19.0 Å². The van der Waals surface area contributed by atoms with Crippen LogP contribution in [-0.2, 0) is 27.3 Å². The minimum Gasteiger partial charge on any atom is -0.486 e. The molecular weight excluding hydrogens is 311 g/mol. The lowest BCUT2D eigenvalue weighted by Gasteiger charge is -2.05. The Bertz CT molecular complexity index is 877. The van der Waals surface area contributed by atoms with Crippen LogP contribution in [0, 0.1) is 5.82 Å². The van der Waals surface area contributed by atoms with Gasteiger partial charge in [-0.15, -0.1) is 0 Å². The summed E-state index contributed by atoms with van der Waals surface area (Å²) >= 11 is 0. The molecule has 0 saturated heterocycles. The van der Waals surface area contributed by atoms with Crippen LogP contribution in [0.4, 0.5) is 10.1 Å². The van der Waals surface area contributed by atoms with E-state index in [9.17, 15) is 9.18 Å². The molecule has 122 valence electrons. The minimum atomic E-state index is -0.394. The molecule has 1 amide bonds. The van der Waals surface area contributed by atoms with E-state index in [0.29, 0.717) is 42.2 Å². The van der Waals surface area contributed by atoms with E-state index in [1.165, 1.54) is 12.1 Å². The highest BCUT2D eigenvalue weighted by Crippen LogP contribution is 2.41. The molecule has 6 heteroatoms. The summed E-state index contributed by atoms with van der Waals surface area (Å²) in [5, 5.41) is 2.74. The van der Waals surface area contributed by atoms with Crippen LogP contribution in [0.25, 0.3) is 11.3 Å². The predicted octanol–water partition coefficient (Wildman–Crippen LogP) is 2.76. The fraction of sp³-hybridized carbons (Fsp3) is 0.222. The number of ether oxygens (including phenoxy) is 2. The lowest BCUT2D eigenvalue weighted by atomic mass is 10.0. The average Bonchev–Trinajstić information content (AvgIpc) is 3.12. The van der Waals surface area contributed by atoms with Gasteiger partial charge in [-0.05, 0) is 30.3 Å². The van der Waals surface area contributed by atoms with E-state index in [2.05, 4.69) is 10.3 Å². The van der Waals surface area contributed by atoms with E-state index in [1.54, 1.807) is 13.2 Å². The number of carbonyl (C=O) groups is 1. The smallest absolute Gasteiger partial charge is 0.260 e. The zero-order valence-electron chi connectivity index (χ0n) is 13.1. The number of rotatable bonds is 3. The summed E-state index contributed by atoms with van der Waals surface area (Å²) in [6, 6.07) is 8.01. The third-order valence-electron chi connectivity index (χ3n) is 4.15. The Hall–Kier alpha value is -2.73. The molecule has 2 aliphatic heterocycles. The molecule has 2 aromatic rings. The fourth-order valence-electron chi connectivity index (χ4n) is 3.00. The first-order chi connectivity index (χ1) is 11.7. The summed E-state index contributed by atoms with van der Waals surface area (Å²) in [5.41, 5.74) is 3.93. The molecule has 0 spiro atoms. The van der Waals surface area contributed by atoms with Gasteiger partial charge in [0.15, 0.2) is 0 Å². The average molecular weight is 326 g/mol. The Morgan fingerprint density at radius 3 is 3.00 bits per heavy atom. The van der Waals surface area contributed by atoms with Crippen LogP contribution < -0.4 is 5.32 Å². The number of aromatic nitrogens is 1. The fourth-order valence-corrected chi connectivity index (χ4v) is 3.00. The third-order valence-corrected chi connectivity index (χ3v) is 4.15. The van der Waals surface area contributed by atoms with Gasteiger partial charge >= 0.3 is 0 Å². The van der Waals surface area contributed by atoms with Gasteiger partial charge in [0.05, 0.1) is 17.9 Å². The molecule has 5 nitrogen and oxygen atoms in total. The molecule has 0 atom stereocenters. The maximum Gasteiger partial charge on any atom is 0.260 e. The summed E-state index contributed by atoms with van der Waals surface area (Å²) in [4.78, 5) is 16.9. The Morgan fingerprint density at radius 2 is 2.17 bits per heavy atom. The second-order valence-electron chi connectivity index (χ2n) is 5.68. The molecule has 0 saturated carbocycles. The number of halogens is 1. The molecule has 0 unspecified atom stereocenters. The molecule has 0 radical (unpaired) electrons. The lowest BCUT2D eigenvalue weighted by molar-refractivity contribution is -0.110. The number of hydrogen-bond acceptors (Lipinski definition) is 4. The molecule has 2 aliphatic rings. The highest BCUT2D eigenvalue weighted by atomic mass is 19.1. The zero-order valence-corrected chi connectivity index (χ0v) is 13.1. The Labute approximate surface area is 138 Å². The van der Waals surface area contributed by atoms with Crippen molar-refractivity contribution in [3.05, 3.63) is 58.7 Å². The molecule has 0 fully saturated rings. The predicted molar refractivity (Wildman–Crippen MR) is 86.4 cm³/mol. The monoisotopic (exact) mass is 326 g/mol. The Morgan fingerprint density at radius 1 is 1.29 bits per heavy atom. The number of hydrogen-bond donors (Lipinski definition) is 1. The van der Waals surface area contributed by atoms with Gasteiger partial charge in [0.2, 0.25) is 0 Å². The minimum absolute atomic E-state index is 0.290. The quantitative estimate of drug-likeness (QED) is 0.881. The van der Waals surface area contributed by atoms with Crippen LogP contribution in [0.1, 0.15) is 22.5 Å². The molecule has 24 heavy (non-hydrogen) atoms. The first kappa shape index (κ1) is 14.8. The molecule has 4 rings (SSSR count). The topological polar surface area (TPSA) is 60.5 Å². The van der Waals surface area contributed by atoms with Gasteiger partial charge in [-0.25, -0.2) is 4.39 Å². The second-order valence-corrected chi connectivity index (χ2v) is 5.68. The van der Waals surface area contributed by atoms with Crippen LogP contribution in [-0.4, -0.2) is 24.6 Å². The van der Waals surface area contributed by atoms with Gasteiger partial charge in [-0.1, -0.05) is 0 Å². The van der Waals surface area contributed by atoms with Gasteiger partial charge in [0.25, 0.3) is 5.91 Å². The van der Waals surface area contributed by atoms with Gasteiger partial charge in [-0.2, -0.15) is 0 Å². The van der Waals surface area contributed by atoms with Crippen molar-refractivity contribution in [2.24, 2.45) is 0 Å². The number of amides is 1. The molecular formula is C18H15FN2O3. The van der Waals surface area contributed by atoms with E-state index in [4.69, 9.17) is 9.47 Å². The first-order valence-electron chi connectivity index (χ1n) is 7.64. The SMILES string of the molecule is COCCc1ccc2c(n1)CO/C2=C1\C(=O)Nc2ccc(F)cc21. The number of nitrogens with zero attached hydrogens (tertiary/aromatic N) is 1. The summed E-state index contributed by atoms with van der Waals surface area (Å²) in [6.07, 6.45) is 0.713. The second kappa shape index (κ2) is 5.72. The van der Waals surface area contributed by atoms with Gasteiger partial charge in [0, 0.05) is 36.0 Å². The number of anilines is 1. The molecule has 3 heterocycles. The number of methoxy groups -OCH3 is 1. The Balaban J connectivity index is 1.79. The number of benzene rings is 1. The van der Waals surface area contributed by atoms with Crippen molar-refractivity contribution < 1.29 is 18.7 Å². The summed E-state index contributed by atoms with van der Waals surface area (Å²) < 4.78 is 24.4. The molecule has 1 N–H and O–H groups in total. The Kier molecular flexibility index (Phi) is 3.54. The van der Waals surface area contributed by atoms with E-state index in [0.717, 1.165) is 17.0 Å². The number of fused-ring (bicyclic) bond motifs is 2. The normalized spacial score (nSPS) is 18.2. The van der Waals surface area contributed by atoms with Crippen molar-refractivity contribution >= 4 is 22.9 Å².